The largest absolute Gasteiger partial charge is 0.477 e. The van der Waals surface area contributed by atoms with Gasteiger partial charge in [0.2, 0.25) is 11.5 Å². The summed E-state index contributed by atoms with van der Waals surface area (Å²) in [5.74, 6) is -2.62. The van der Waals surface area contributed by atoms with Crippen molar-refractivity contribution in [1.82, 2.24) is 19.6 Å². The molecular formula is C27H23IN6O5S2. The van der Waals surface area contributed by atoms with Gasteiger partial charge in [0.25, 0.3) is 11.8 Å². The number of alkyl halides is 1. The number of halogens is 1. The number of β-lactam (4-membered cyclic amide) rings is 1. The van der Waals surface area contributed by atoms with Gasteiger partial charge < -0.3 is 21.0 Å². The Morgan fingerprint density at radius 1 is 1.20 bits per heavy atom. The molecule has 3 heterocycles. The topological polar surface area (TPSA) is 160 Å². The van der Waals surface area contributed by atoms with Gasteiger partial charge in [0.1, 0.15) is 24.2 Å². The number of carboxylic acid groups (broad SMARTS) is 1. The second kappa shape index (κ2) is 12.0. The maximum Gasteiger partial charge on any atom is 0.353 e. The van der Waals surface area contributed by atoms with E-state index in [4.69, 9.17) is 10.6 Å². The van der Waals surface area contributed by atoms with Crippen LogP contribution in [0.1, 0.15) is 17.0 Å². The van der Waals surface area contributed by atoms with Crippen LogP contribution < -0.4 is 11.1 Å². The quantitative estimate of drug-likeness (QED) is 0.100. The number of hydrogen-bond donors (Lipinski definition) is 3. The molecule has 1 saturated heterocycles. The third kappa shape index (κ3) is 5.10. The van der Waals surface area contributed by atoms with Gasteiger partial charge in [0.15, 0.2) is 5.13 Å². The number of allylic oxidation sites excluding steroid dienone is 2. The molecule has 2 aliphatic rings. The number of carbonyl (C=O) groups is 3. The predicted molar refractivity (Wildman–Crippen MR) is 164 cm³/mol. The number of carboxylic acids is 1. The van der Waals surface area contributed by atoms with Crippen LogP contribution in [-0.2, 0) is 24.0 Å². The van der Waals surface area contributed by atoms with Crippen LogP contribution in [0.5, 0.6) is 0 Å². The molecule has 14 heteroatoms. The van der Waals surface area contributed by atoms with Crippen molar-refractivity contribution in [3.8, 4) is 0 Å². The van der Waals surface area contributed by atoms with Crippen LogP contribution in [0.3, 0.4) is 0 Å². The number of oxime groups is 1. The van der Waals surface area contributed by atoms with Gasteiger partial charge in [-0.1, -0.05) is 101 Å². The smallest absolute Gasteiger partial charge is 0.353 e. The predicted octanol–water partition coefficient (Wildman–Crippen LogP) is 3.14. The summed E-state index contributed by atoms with van der Waals surface area (Å²) in [7, 11) is 1.26. The summed E-state index contributed by atoms with van der Waals surface area (Å²) in [4.78, 5) is 49.8. The minimum Gasteiger partial charge on any atom is -0.477 e. The average molecular weight is 703 g/mol. The van der Waals surface area contributed by atoms with Gasteiger partial charge in [0.05, 0.1) is 4.75 Å². The van der Waals surface area contributed by atoms with E-state index in [1.807, 2.05) is 66.7 Å². The summed E-state index contributed by atoms with van der Waals surface area (Å²) in [5, 5.41) is 16.3. The monoisotopic (exact) mass is 702 g/mol. The summed E-state index contributed by atoms with van der Waals surface area (Å²) in [6.07, 6.45) is 3.64. The van der Waals surface area contributed by atoms with Crippen LogP contribution in [-0.4, -0.2) is 65.8 Å². The van der Waals surface area contributed by atoms with Gasteiger partial charge >= 0.3 is 5.97 Å². The van der Waals surface area contributed by atoms with Gasteiger partial charge in [-0.05, 0) is 11.1 Å². The van der Waals surface area contributed by atoms with E-state index >= 15 is 0 Å². The molecular weight excluding hydrogens is 679 g/mol. The molecule has 4 N–H and O–H groups in total. The van der Waals surface area contributed by atoms with Crippen LogP contribution in [0.15, 0.2) is 89.2 Å². The van der Waals surface area contributed by atoms with Crippen molar-refractivity contribution in [2.75, 3.05) is 17.3 Å². The van der Waals surface area contributed by atoms with Crippen LogP contribution in [0.2, 0.25) is 0 Å². The number of fused-ring (bicyclic) bond motifs is 1. The lowest BCUT2D eigenvalue weighted by atomic mass is 9.81. The van der Waals surface area contributed by atoms with Crippen molar-refractivity contribution in [2.45, 2.75) is 16.2 Å². The van der Waals surface area contributed by atoms with E-state index < -0.39 is 33.9 Å². The highest BCUT2D eigenvalue weighted by molar-refractivity contribution is 14.1. The molecule has 5 rings (SSSR count). The number of aliphatic carboxylic acids is 1. The van der Waals surface area contributed by atoms with Crippen LogP contribution >= 0.6 is 45.9 Å². The average Bonchev–Trinajstić information content (AvgIpc) is 3.42. The van der Waals surface area contributed by atoms with Gasteiger partial charge in [-0.3, -0.25) is 14.5 Å². The Kier molecular flexibility index (Phi) is 8.42. The van der Waals surface area contributed by atoms with E-state index in [-0.39, 0.29) is 22.4 Å². The molecule has 0 bridgehead atoms. The second-order valence-corrected chi connectivity index (χ2v) is 11.8. The molecule has 0 radical (unpaired) electrons. The Balaban J connectivity index is 1.64. The SMILES string of the molecule is CON=C(C(=O)NC1C(=O)N2C(C(=O)O)=C(C=CCI)C(c3ccccc3)(c3ccccc3)S[C@H]12)c1nsc(N)n1. The van der Waals surface area contributed by atoms with E-state index in [0.29, 0.717) is 10.0 Å². The molecule has 1 fully saturated rings. The number of nitrogens with two attached hydrogens (primary N) is 1. The molecule has 0 spiro atoms. The van der Waals surface area contributed by atoms with Crippen molar-refractivity contribution in [3.63, 3.8) is 0 Å². The van der Waals surface area contributed by atoms with Crippen LogP contribution in [0, 0.1) is 0 Å². The van der Waals surface area contributed by atoms with Crippen molar-refractivity contribution in [1.29, 1.82) is 0 Å². The first-order valence-electron chi connectivity index (χ1n) is 12.2. The highest BCUT2D eigenvalue weighted by Crippen LogP contribution is 2.59. The summed E-state index contributed by atoms with van der Waals surface area (Å²) in [5.41, 5.74) is 7.40. The van der Waals surface area contributed by atoms with Crippen molar-refractivity contribution < 1.29 is 24.3 Å². The molecule has 11 nitrogen and oxygen atoms in total. The van der Waals surface area contributed by atoms with Gasteiger partial charge in [-0.25, -0.2) is 4.79 Å². The Labute approximate surface area is 256 Å². The summed E-state index contributed by atoms with van der Waals surface area (Å²) < 4.78 is 3.64. The number of benzene rings is 2. The summed E-state index contributed by atoms with van der Waals surface area (Å²) in [6, 6.07) is 18.0. The van der Waals surface area contributed by atoms with Gasteiger partial charge in [-0.2, -0.15) is 9.36 Å². The van der Waals surface area contributed by atoms with Gasteiger partial charge in [-0.15, -0.1) is 11.8 Å². The summed E-state index contributed by atoms with van der Waals surface area (Å²) in [6.45, 7) is 0. The molecule has 0 saturated carbocycles. The number of carbonyl (C=O) groups excluding carboxylic acids is 2. The molecule has 3 aromatic rings. The first-order chi connectivity index (χ1) is 19.8. The number of aromatic nitrogens is 2. The number of nitrogens with zero attached hydrogens (tertiary/aromatic N) is 4. The number of thioether (sulfide) groups is 1. The van der Waals surface area contributed by atoms with Crippen LogP contribution in [0.25, 0.3) is 0 Å². The molecule has 1 unspecified atom stereocenters. The third-order valence-electron chi connectivity index (χ3n) is 6.49. The zero-order chi connectivity index (χ0) is 29.1. The van der Waals surface area contributed by atoms with Crippen molar-refractivity contribution >= 4 is 74.5 Å². The lowest BCUT2D eigenvalue weighted by Crippen LogP contribution is -2.72. The Morgan fingerprint density at radius 3 is 2.34 bits per heavy atom. The normalized spacial score (nSPS) is 20.0. The van der Waals surface area contributed by atoms with E-state index in [1.54, 1.807) is 6.08 Å². The fraction of sp³-hybridized carbons (Fsp3) is 0.185. The molecule has 2 amide bonds. The number of anilines is 1. The Hall–Kier alpha value is -3.76. The lowest BCUT2D eigenvalue weighted by molar-refractivity contribution is -0.150. The molecule has 210 valence electrons. The number of rotatable bonds is 9. The Morgan fingerprint density at radius 2 is 1.83 bits per heavy atom. The zero-order valence-corrected chi connectivity index (χ0v) is 25.2. The third-order valence-corrected chi connectivity index (χ3v) is 9.31. The first-order valence-corrected chi connectivity index (χ1v) is 15.4. The number of nitrogens with one attached hydrogen (secondary N) is 1. The standard InChI is InChI=1S/C27H23IN6O5S2/c1-39-32-18(21-31-26(29)41-33-21)22(35)30-19-23(36)34-20(25(37)38)17(13-8-14-28)27(40-24(19)34,15-9-4-2-5-10-15)16-11-6-3-7-12-16/h2-13,19,24H,14H2,1H3,(H,30,35)(H,37,38)(H2,29,31,33)/t19?,24-/m1/s1. The lowest BCUT2D eigenvalue weighted by Gasteiger charge is -2.55. The highest BCUT2D eigenvalue weighted by atomic mass is 127. The van der Waals surface area contributed by atoms with Crippen molar-refractivity contribution in [3.05, 3.63) is 101 Å². The molecule has 0 aliphatic carbocycles. The number of nitrogen functional groups attached to an aromatic ring is 1. The maximum absolute atomic E-state index is 13.5. The summed E-state index contributed by atoms with van der Waals surface area (Å²) >= 11 is 4.45. The second-order valence-electron chi connectivity index (χ2n) is 8.78. The minimum absolute atomic E-state index is 0.0490. The fourth-order valence-corrected chi connectivity index (χ4v) is 7.37. The van der Waals surface area contributed by atoms with E-state index in [2.05, 4.69) is 42.4 Å². The molecule has 41 heavy (non-hydrogen) atoms. The number of hydrogen-bond acceptors (Lipinski definition) is 10. The molecule has 1 aromatic heterocycles. The molecule has 2 aromatic carbocycles. The Bertz CT molecular complexity index is 1540. The van der Waals surface area contributed by atoms with E-state index in [9.17, 15) is 19.5 Å². The molecule has 2 aliphatic heterocycles. The highest BCUT2D eigenvalue weighted by Gasteiger charge is 2.61. The van der Waals surface area contributed by atoms with Gasteiger partial charge in [0, 0.05) is 21.5 Å². The van der Waals surface area contributed by atoms with E-state index in [1.165, 1.54) is 23.8 Å². The van der Waals surface area contributed by atoms with E-state index in [0.717, 1.165) is 22.7 Å². The minimum atomic E-state index is -1.25. The fourth-order valence-electron chi connectivity index (χ4n) is 4.85. The zero-order valence-electron chi connectivity index (χ0n) is 21.4. The number of amides is 2. The van der Waals surface area contributed by atoms with Crippen molar-refractivity contribution in [2.24, 2.45) is 5.16 Å². The maximum atomic E-state index is 13.5. The van der Waals surface area contributed by atoms with Crippen LogP contribution in [0.4, 0.5) is 5.13 Å². The molecule has 2 atom stereocenters. The first kappa shape index (κ1) is 28.8.